The van der Waals surface area contributed by atoms with E-state index < -0.39 is 0 Å². The molecule has 172 valence electrons. The van der Waals surface area contributed by atoms with Gasteiger partial charge in [0.1, 0.15) is 5.69 Å². The summed E-state index contributed by atoms with van der Waals surface area (Å²) in [7, 11) is 0. The molecule has 1 saturated heterocycles. The van der Waals surface area contributed by atoms with Crippen molar-refractivity contribution in [3.63, 3.8) is 0 Å². The Balaban J connectivity index is 1.53. The van der Waals surface area contributed by atoms with Crippen molar-refractivity contribution in [2.45, 2.75) is 12.8 Å². The highest BCUT2D eigenvalue weighted by atomic mass is 35.5. The summed E-state index contributed by atoms with van der Waals surface area (Å²) in [6.07, 6.45) is 1.56. The number of hydrogen-bond donors (Lipinski definition) is 2. The summed E-state index contributed by atoms with van der Waals surface area (Å²) in [6, 6.07) is 22.4. The molecule has 34 heavy (non-hydrogen) atoms. The lowest BCUT2D eigenvalue weighted by molar-refractivity contribution is -0.120. The maximum Gasteiger partial charge on any atom is 0.272 e. The van der Waals surface area contributed by atoms with E-state index in [1.54, 1.807) is 30.3 Å². The molecule has 7 heteroatoms. The van der Waals surface area contributed by atoms with Gasteiger partial charge in [-0.05, 0) is 60.9 Å². The van der Waals surface area contributed by atoms with Crippen molar-refractivity contribution in [3.8, 4) is 11.1 Å². The number of aromatic nitrogens is 1. The fraction of sp³-hybridized carbons (Fsp3) is 0.185. The Labute approximate surface area is 207 Å². The SMILES string of the molecule is O=C(Nc1ccc(Cl)cc1)[C@H]1CCCN(c2c(-c3ccccc3)c3cc(Cl)ccc3[nH]c2=O)C1. The highest BCUT2D eigenvalue weighted by Gasteiger charge is 2.29. The van der Waals surface area contributed by atoms with Gasteiger partial charge < -0.3 is 15.2 Å². The quantitative estimate of drug-likeness (QED) is 0.349. The first-order valence-electron chi connectivity index (χ1n) is 11.2. The molecule has 1 aliphatic rings. The number of nitrogens with zero attached hydrogens (tertiary/aromatic N) is 1. The molecule has 1 amide bonds. The molecule has 2 N–H and O–H groups in total. The van der Waals surface area contributed by atoms with Crippen LogP contribution in [0.5, 0.6) is 0 Å². The summed E-state index contributed by atoms with van der Waals surface area (Å²) < 4.78 is 0. The maximum atomic E-state index is 13.4. The molecule has 3 aromatic carbocycles. The number of rotatable bonds is 4. The number of nitrogens with one attached hydrogen (secondary N) is 2. The minimum Gasteiger partial charge on any atom is -0.366 e. The Bertz CT molecular complexity index is 1400. The molecule has 4 aromatic rings. The molecule has 0 unspecified atom stereocenters. The van der Waals surface area contributed by atoms with Crippen LogP contribution >= 0.6 is 23.2 Å². The third-order valence-electron chi connectivity index (χ3n) is 6.23. The number of pyridine rings is 1. The van der Waals surface area contributed by atoms with Crippen molar-refractivity contribution < 1.29 is 4.79 Å². The second-order valence-electron chi connectivity index (χ2n) is 8.51. The second kappa shape index (κ2) is 9.53. The van der Waals surface area contributed by atoms with Gasteiger partial charge in [0.2, 0.25) is 5.91 Å². The highest BCUT2D eigenvalue weighted by molar-refractivity contribution is 6.31. The predicted molar refractivity (Wildman–Crippen MR) is 140 cm³/mol. The van der Waals surface area contributed by atoms with Gasteiger partial charge in [-0.3, -0.25) is 9.59 Å². The van der Waals surface area contributed by atoms with E-state index >= 15 is 0 Å². The molecule has 0 aliphatic carbocycles. The van der Waals surface area contributed by atoms with Gasteiger partial charge in [0.15, 0.2) is 0 Å². The summed E-state index contributed by atoms with van der Waals surface area (Å²) >= 11 is 12.3. The molecule has 1 aromatic heterocycles. The van der Waals surface area contributed by atoms with Gasteiger partial charge >= 0.3 is 0 Å². The lowest BCUT2D eigenvalue weighted by Gasteiger charge is -2.34. The molecular formula is C27H23Cl2N3O2. The standard InChI is InChI=1S/C27H23Cl2N3O2/c28-19-8-11-21(12-9-19)30-26(33)18-7-4-14-32(16-18)25-24(17-5-2-1-3-6-17)22-15-20(29)10-13-23(22)31-27(25)34/h1-3,5-6,8-13,15,18H,4,7,14,16H2,(H,30,33)(H,31,34)/t18-/m0/s1. The van der Waals surface area contributed by atoms with Gasteiger partial charge in [-0.15, -0.1) is 0 Å². The number of anilines is 2. The van der Waals surface area contributed by atoms with Crippen molar-refractivity contribution >= 4 is 51.4 Å². The number of H-pyrrole nitrogens is 1. The first-order valence-corrected chi connectivity index (χ1v) is 12.0. The van der Waals surface area contributed by atoms with Crippen molar-refractivity contribution in [1.82, 2.24) is 4.98 Å². The van der Waals surface area contributed by atoms with Crippen molar-refractivity contribution in [2.75, 3.05) is 23.3 Å². The summed E-state index contributed by atoms with van der Waals surface area (Å²) in [4.78, 5) is 31.5. The topological polar surface area (TPSA) is 65.2 Å². The minimum absolute atomic E-state index is 0.0615. The lowest BCUT2D eigenvalue weighted by atomic mass is 9.93. The van der Waals surface area contributed by atoms with E-state index in [1.165, 1.54) is 0 Å². The van der Waals surface area contributed by atoms with E-state index in [1.807, 2.05) is 47.4 Å². The van der Waals surface area contributed by atoms with Crippen LogP contribution in [0, 0.1) is 5.92 Å². The molecule has 0 saturated carbocycles. The molecule has 1 aliphatic heterocycles. The highest BCUT2D eigenvalue weighted by Crippen LogP contribution is 2.37. The second-order valence-corrected chi connectivity index (χ2v) is 9.39. The Hall–Kier alpha value is -3.28. The van der Waals surface area contributed by atoms with Crippen LogP contribution < -0.4 is 15.8 Å². The van der Waals surface area contributed by atoms with Crippen LogP contribution in [0.25, 0.3) is 22.0 Å². The Kier molecular flexibility index (Phi) is 6.31. The number of carbonyl (C=O) groups excluding carboxylic acids is 1. The van der Waals surface area contributed by atoms with Crippen LogP contribution in [0.4, 0.5) is 11.4 Å². The predicted octanol–water partition coefficient (Wildman–Crippen LogP) is 6.36. The number of amides is 1. The van der Waals surface area contributed by atoms with Gasteiger partial charge in [-0.1, -0.05) is 53.5 Å². The van der Waals surface area contributed by atoms with Crippen LogP contribution in [-0.4, -0.2) is 24.0 Å². The van der Waals surface area contributed by atoms with E-state index in [-0.39, 0.29) is 17.4 Å². The number of carbonyl (C=O) groups is 1. The molecular weight excluding hydrogens is 469 g/mol. The third kappa shape index (κ3) is 4.54. The molecule has 0 radical (unpaired) electrons. The number of halogens is 2. The Morgan fingerprint density at radius 3 is 2.47 bits per heavy atom. The van der Waals surface area contributed by atoms with Gasteiger partial charge in [-0.25, -0.2) is 0 Å². The third-order valence-corrected chi connectivity index (χ3v) is 6.72. The minimum atomic E-state index is -0.248. The average Bonchev–Trinajstić information content (AvgIpc) is 2.85. The summed E-state index contributed by atoms with van der Waals surface area (Å²) in [5, 5.41) is 5.07. The summed E-state index contributed by atoms with van der Waals surface area (Å²) in [5.74, 6) is -0.309. The average molecular weight is 492 g/mol. The zero-order valence-corrected chi connectivity index (χ0v) is 19.9. The van der Waals surface area contributed by atoms with Gasteiger partial charge in [-0.2, -0.15) is 0 Å². The van der Waals surface area contributed by atoms with Crippen LogP contribution in [0.15, 0.2) is 77.6 Å². The fourth-order valence-corrected chi connectivity index (χ4v) is 4.92. The molecule has 0 bridgehead atoms. The van der Waals surface area contributed by atoms with Crippen LogP contribution in [0.1, 0.15) is 12.8 Å². The Morgan fingerprint density at radius 2 is 1.71 bits per heavy atom. The summed E-state index contributed by atoms with van der Waals surface area (Å²) in [5.41, 5.74) is 3.60. The first-order chi connectivity index (χ1) is 16.5. The van der Waals surface area contributed by atoms with E-state index in [0.29, 0.717) is 34.5 Å². The largest absolute Gasteiger partial charge is 0.366 e. The lowest BCUT2D eigenvalue weighted by Crippen LogP contribution is -2.43. The monoisotopic (exact) mass is 491 g/mol. The zero-order valence-electron chi connectivity index (χ0n) is 18.4. The van der Waals surface area contributed by atoms with E-state index in [4.69, 9.17) is 23.2 Å². The molecule has 1 atom stereocenters. The van der Waals surface area contributed by atoms with Crippen LogP contribution in [0.3, 0.4) is 0 Å². The van der Waals surface area contributed by atoms with Crippen LogP contribution in [0.2, 0.25) is 10.0 Å². The first kappa shape index (κ1) is 22.5. The van der Waals surface area contributed by atoms with E-state index in [2.05, 4.69) is 10.3 Å². The van der Waals surface area contributed by atoms with Gasteiger partial charge in [0.25, 0.3) is 5.56 Å². The number of aromatic amines is 1. The van der Waals surface area contributed by atoms with Crippen molar-refractivity contribution in [2.24, 2.45) is 5.92 Å². The normalized spacial score (nSPS) is 15.9. The molecule has 2 heterocycles. The zero-order chi connectivity index (χ0) is 23.7. The van der Waals surface area contributed by atoms with E-state index in [9.17, 15) is 9.59 Å². The maximum absolute atomic E-state index is 13.4. The van der Waals surface area contributed by atoms with Crippen molar-refractivity contribution in [3.05, 3.63) is 93.2 Å². The van der Waals surface area contributed by atoms with Gasteiger partial charge in [0.05, 0.1) is 5.92 Å². The van der Waals surface area contributed by atoms with Gasteiger partial charge in [0, 0.05) is 45.3 Å². The molecule has 1 fully saturated rings. The number of benzene rings is 3. The Morgan fingerprint density at radius 1 is 0.971 bits per heavy atom. The summed E-state index contributed by atoms with van der Waals surface area (Å²) in [6.45, 7) is 1.15. The number of hydrogen-bond acceptors (Lipinski definition) is 3. The van der Waals surface area contributed by atoms with Crippen molar-refractivity contribution in [1.29, 1.82) is 0 Å². The fourth-order valence-electron chi connectivity index (χ4n) is 4.63. The van der Waals surface area contributed by atoms with E-state index in [0.717, 1.165) is 34.9 Å². The number of piperidine rings is 1. The molecule has 0 spiro atoms. The smallest absolute Gasteiger partial charge is 0.272 e. The molecule has 5 nitrogen and oxygen atoms in total. The number of fused-ring (bicyclic) bond motifs is 1. The molecule has 5 rings (SSSR count). The van der Waals surface area contributed by atoms with Crippen LogP contribution in [-0.2, 0) is 4.79 Å².